The summed E-state index contributed by atoms with van der Waals surface area (Å²) in [6, 6.07) is 8.80. The van der Waals surface area contributed by atoms with Crippen LogP contribution < -0.4 is 15.0 Å². The summed E-state index contributed by atoms with van der Waals surface area (Å²) < 4.78 is 19.4. The lowest BCUT2D eigenvalue weighted by atomic mass is 9.94. The molecule has 3 rings (SSSR count). The summed E-state index contributed by atoms with van der Waals surface area (Å²) in [5.41, 5.74) is 1.05. The van der Waals surface area contributed by atoms with Crippen molar-refractivity contribution in [3.8, 4) is 5.75 Å². The summed E-state index contributed by atoms with van der Waals surface area (Å²) >= 11 is 5.78. The molecule has 2 atom stereocenters. The molecule has 132 valence electrons. The molecule has 0 bridgehead atoms. The molecule has 1 saturated heterocycles. The highest BCUT2D eigenvalue weighted by Crippen LogP contribution is 2.32. The molecule has 25 heavy (non-hydrogen) atoms. The van der Waals surface area contributed by atoms with Gasteiger partial charge >= 0.3 is 0 Å². The molecule has 0 saturated carbocycles. The van der Waals surface area contributed by atoms with E-state index in [-0.39, 0.29) is 28.7 Å². The lowest BCUT2D eigenvalue weighted by Gasteiger charge is -2.19. The number of aromatic nitrogens is 1. The Morgan fingerprint density at radius 1 is 1.36 bits per heavy atom. The Kier molecular flexibility index (Phi) is 5.08. The van der Waals surface area contributed by atoms with Crippen molar-refractivity contribution in [2.24, 2.45) is 0 Å². The third-order valence-electron chi connectivity index (χ3n) is 4.34. The Hall–Kier alpha value is -2.34. The van der Waals surface area contributed by atoms with E-state index in [1.165, 1.54) is 19.2 Å². The van der Waals surface area contributed by atoms with Gasteiger partial charge in [-0.3, -0.25) is 4.79 Å². The van der Waals surface area contributed by atoms with Crippen molar-refractivity contribution in [1.29, 1.82) is 0 Å². The minimum Gasteiger partial charge on any atom is -0.497 e. The average Bonchev–Trinajstić information content (AvgIpc) is 2.97. The molecule has 1 amide bonds. The zero-order valence-corrected chi connectivity index (χ0v) is 14.8. The monoisotopic (exact) mass is 363 g/mol. The van der Waals surface area contributed by atoms with Gasteiger partial charge in [0.25, 0.3) is 0 Å². The molecule has 1 aliphatic rings. The van der Waals surface area contributed by atoms with E-state index in [1.54, 1.807) is 7.11 Å². The second-order valence-electron chi connectivity index (χ2n) is 6.05. The van der Waals surface area contributed by atoms with E-state index in [2.05, 4.69) is 10.3 Å². The number of rotatable bonds is 4. The highest BCUT2D eigenvalue weighted by molar-refractivity contribution is 6.30. The Morgan fingerprint density at radius 3 is 2.68 bits per heavy atom. The van der Waals surface area contributed by atoms with Crippen molar-refractivity contribution in [3.05, 3.63) is 52.9 Å². The topological polar surface area (TPSA) is 54.5 Å². The molecule has 7 heteroatoms. The molecule has 1 aromatic heterocycles. The molecule has 1 aliphatic heterocycles. The molecule has 1 N–H and O–H groups in total. The summed E-state index contributed by atoms with van der Waals surface area (Å²) in [6.45, 7) is 2.50. The summed E-state index contributed by atoms with van der Waals surface area (Å²) in [5.74, 6) is 0.446. The van der Waals surface area contributed by atoms with E-state index in [4.69, 9.17) is 16.3 Å². The molecule has 5 nitrogen and oxygen atoms in total. The summed E-state index contributed by atoms with van der Waals surface area (Å²) in [6.07, 6.45) is 1.42. The number of hydrogen-bond donors (Lipinski definition) is 1. The van der Waals surface area contributed by atoms with Crippen LogP contribution in [-0.2, 0) is 4.79 Å². The fraction of sp³-hybridized carbons (Fsp3) is 0.333. The third kappa shape index (κ3) is 3.85. The van der Waals surface area contributed by atoms with Gasteiger partial charge in [0.1, 0.15) is 5.75 Å². The molecular weight excluding hydrogens is 345 g/mol. The zero-order valence-electron chi connectivity index (χ0n) is 14.0. The quantitative estimate of drug-likeness (QED) is 0.907. The minimum atomic E-state index is -0.468. The SMILES string of the molecule is COc1ccc([C@@H]2CN(c3ncc(Cl)cc3F)C[C@H]2NC(C)=O)cc1. The molecule has 0 aliphatic carbocycles. The molecule has 2 heterocycles. The van der Waals surface area contributed by atoms with Gasteiger partial charge in [0.15, 0.2) is 11.6 Å². The Labute approximate surface area is 150 Å². The maximum absolute atomic E-state index is 14.2. The second-order valence-corrected chi connectivity index (χ2v) is 6.49. The number of amides is 1. The zero-order chi connectivity index (χ0) is 18.0. The first-order chi connectivity index (χ1) is 12.0. The largest absolute Gasteiger partial charge is 0.497 e. The van der Waals surface area contributed by atoms with E-state index < -0.39 is 5.82 Å². The Bertz CT molecular complexity index is 769. The van der Waals surface area contributed by atoms with Crippen LogP contribution in [0.25, 0.3) is 0 Å². The fourth-order valence-corrected chi connectivity index (χ4v) is 3.36. The van der Waals surface area contributed by atoms with Crippen molar-refractivity contribution in [2.75, 3.05) is 25.1 Å². The normalized spacial score (nSPS) is 19.8. The molecule has 1 fully saturated rings. The number of nitrogens with one attached hydrogen (secondary N) is 1. The van der Waals surface area contributed by atoms with Gasteiger partial charge in [0.2, 0.25) is 5.91 Å². The molecular formula is C18H19ClFN3O2. The van der Waals surface area contributed by atoms with Crippen LogP contribution in [0.4, 0.5) is 10.2 Å². The van der Waals surface area contributed by atoms with Gasteiger partial charge < -0.3 is 15.0 Å². The number of anilines is 1. The van der Waals surface area contributed by atoms with Gasteiger partial charge in [0, 0.05) is 32.1 Å². The number of carbonyl (C=O) groups excluding carboxylic acids is 1. The third-order valence-corrected chi connectivity index (χ3v) is 4.55. The van der Waals surface area contributed by atoms with E-state index >= 15 is 0 Å². The van der Waals surface area contributed by atoms with Crippen molar-refractivity contribution in [2.45, 2.75) is 18.9 Å². The maximum atomic E-state index is 14.2. The smallest absolute Gasteiger partial charge is 0.217 e. The van der Waals surface area contributed by atoms with Crippen molar-refractivity contribution >= 4 is 23.3 Å². The lowest BCUT2D eigenvalue weighted by molar-refractivity contribution is -0.119. The molecule has 2 aromatic rings. The van der Waals surface area contributed by atoms with Crippen LogP contribution in [0.5, 0.6) is 5.75 Å². The molecule has 0 spiro atoms. The van der Waals surface area contributed by atoms with Crippen LogP contribution >= 0.6 is 11.6 Å². The number of methoxy groups -OCH3 is 1. The Balaban J connectivity index is 1.88. The van der Waals surface area contributed by atoms with Crippen LogP contribution in [0, 0.1) is 5.82 Å². The van der Waals surface area contributed by atoms with Gasteiger partial charge in [-0.05, 0) is 23.8 Å². The van der Waals surface area contributed by atoms with E-state index in [0.717, 1.165) is 11.3 Å². The predicted octanol–water partition coefficient (Wildman–Crippen LogP) is 2.99. The van der Waals surface area contributed by atoms with Gasteiger partial charge in [-0.25, -0.2) is 9.37 Å². The lowest BCUT2D eigenvalue weighted by Crippen LogP contribution is -2.38. The fourth-order valence-electron chi connectivity index (χ4n) is 3.21. The number of carbonyl (C=O) groups is 1. The summed E-state index contributed by atoms with van der Waals surface area (Å²) in [4.78, 5) is 17.5. The van der Waals surface area contributed by atoms with Gasteiger partial charge in [-0.2, -0.15) is 0 Å². The van der Waals surface area contributed by atoms with Gasteiger partial charge in [-0.1, -0.05) is 23.7 Å². The van der Waals surface area contributed by atoms with Crippen LogP contribution in [-0.4, -0.2) is 37.1 Å². The van der Waals surface area contributed by atoms with E-state index in [1.807, 2.05) is 29.2 Å². The molecule has 0 unspecified atom stereocenters. The van der Waals surface area contributed by atoms with Crippen molar-refractivity contribution in [3.63, 3.8) is 0 Å². The van der Waals surface area contributed by atoms with E-state index in [9.17, 15) is 9.18 Å². The molecule has 1 aromatic carbocycles. The number of halogens is 2. The number of benzene rings is 1. The summed E-state index contributed by atoms with van der Waals surface area (Å²) in [5, 5.41) is 3.22. The number of ether oxygens (including phenoxy) is 1. The number of pyridine rings is 1. The number of hydrogen-bond acceptors (Lipinski definition) is 4. The average molecular weight is 364 g/mol. The van der Waals surface area contributed by atoms with Crippen molar-refractivity contribution in [1.82, 2.24) is 10.3 Å². The van der Waals surface area contributed by atoms with Gasteiger partial charge in [0.05, 0.1) is 18.2 Å². The molecule has 0 radical (unpaired) electrons. The summed E-state index contributed by atoms with van der Waals surface area (Å²) in [7, 11) is 1.61. The van der Waals surface area contributed by atoms with Gasteiger partial charge in [-0.15, -0.1) is 0 Å². The van der Waals surface area contributed by atoms with Crippen molar-refractivity contribution < 1.29 is 13.9 Å². The van der Waals surface area contributed by atoms with Crippen LogP contribution in [0.15, 0.2) is 36.5 Å². The first-order valence-corrected chi connectivity index (χ1v) is 8.32. The van der Waals surface area contributed by atoms with Crippen LogP contribution in [0.2, 0.25) is 5.02 Å². The van der Waals surface area contributed by atoms with Crippen LogP contribution in [0.3, 0.4) is 0 Å². The standard InChI is InChI=1S/C18H19ClFN3O2/c1-11(24)22-17-10-23(18-16(20)7-13(19)8-21-18)9-15(17)12-3-5-14(25-2)6-4-12/h3-8,15,17H,9-10H2,1-2H3,(H,22,24)/t15-,17+/m0/s1. The van der Waals surface area contributed by atoms with E-state index in [0.29, 0.717) is 13.1 Å². The Morgan fingerprint density at radius 2 is 2.08 bits per heavy atom. The number of nitrogens with zero attached hydrogens (tertiary/aromatic N) is 2. The highest BCUT2D eigenvalue weighted by Gasteiger charge is 2.36. The first-order valence-electron chi connectivity index (χ1n) is 7.95. The minimum absolute atomic E-state index is 0.0201. The highest BCUT2D eigenvalue weighted by atomic mass is 35.5. The predicted molar refractivity (Wildman–Crippen MR) is 94.8 cm³/mol. The van der Waals surface area contributed by atoms with Crippen LogP contribution in [0.1, 0.15) is 18.4 Å². The first kappa shape index (κ1) is 17.5. The maximum Gasteiger partial charge on any atom is 0.217 e. The second kappa shape index (κ2) is 7.27.